The summed E-state index contributed by atoms with van der Waals surface area (Å²) >= 11 is 0. The van der Waals surface area contributed by atoms with Gasteiger partial charge in [-0.05, 0) is 144 Å². The summed E-state index contributed by atoms with van der Waals surface area (Å²) in [6.45, 7) is 9.75. The summed E-state index contributed by atoms with van der Waals surface area (Å²) in [6, 6.07) is 43.5. The molecular weight excluding hydrogens is 607 g/mol. The van der Waals surface area contributed by atoms with E-state index in [1.165, 1.54) is 95.4 Å². The van der Waals surface area contributed by atoms with Crippen molar-refractivity contribution < 1.29 is 4.74 Å². The summed E-state index contributed by atoms with van der Waals surface area (Å²) in [5.41, 5.74) is 12.3. The fourth-order valence-electron chi connectivity index (χ4n) is 11.7. The zero-order chi connectivity index (χ0) is 33.8. The van der Waals surface area contributed by atoms with Gasteiger partial charge >= 0.3 is 0 Å². The number of anilines is 3. The van der Waals surface area contributed by atoms with Gasteiger partial charge in [0.1, 0.15) is 11.5 Å². The summed E-state index contributed by atoms with van der Waals surface area (Å²) in [4.78, 5) is 2.59. The molecule has 0 saturated heterocycles. The molecule has 4 bridgehead atoms. The minimum Gasteiger partial charge on any atom is -0.457 e. The Balaban J connectivity index is 1.22. The van der Waals surface area contributed by atoms with E-state index in [0.717, 1.165) is 23.3 Å². The van der Waals surface area contributed by atoms with Crippen LogP contribution in [0.2, 0.25) is 0 Å². The Morgan fingerprint density at radius 3 is 1.84 bits per heavy atom. The molecule has 0 atom stereocenters. The van der Waals surface area contributed by atoms with Crippen LogP contribution < -0.4 is 9.64 Å². The molecule has 4 saturated carbocycles. The number of para-hydroxylation sites is 1. The topological polar surface area (TPSA) is 12.5 Å². The zero-order valence-corrected chi connectivity index (χ0v) is 30.1. The van der Waals surface area contributed by atoms with Crippen LogP contribution in [-0.4, -0.2) is 0 Å². The fraction of sp³-hybridized carbons (Fsp3) is 0.375. The molecule has 0 amide bonds. The first-order valence-corrected chi connectivity index (χ1v) is 19.2. The van der Waals surface area contributed by atoms with Crippen molar-refractivity contribution in [3.05, 3.63) is 138 Å². The predicted molar refractivity (Wildman–Crippen MR) is 206 cm³/mol. The predicted octanol–water partition coefficient (Wildman–Crippen LogP) is 13.0. The average Bonchev–Trinajstić information content (AvgIpc) is 3.12. The monoisotopic (exact) mass is 655 g/mol. The lowest BCUT2D eigenvalue weighted by molar-refractivity contribution is -0.0449. The second-order valence-electron chi connectivity index (χ2n) is 17.7. The van der Waals surface area contributed by atoms with Gasteiger partial charge in [-0.15, -0.1) is 0 Å². The van der Waals surface area contributed by atoms with Gasteiger partial charge in [0.2, 0.25) is 0 Å². The third-order valence-electron chi connectivity index (χ3n) is 14.0. The molecule has 11 rings (SSSR count). The minimum absolute atomic E-state index is 0.0497. The smallest absolute Gasteiger partial charge is 0.133 e. The molecule has 1 aliphatic heterocycles. The fourth-order valence-corrected chi connectivity index (χ4v) is 11.7. The Labute approximate surface area is 298 Å². The van der Waals surface area contributed by atoms with Gasteiger partial charge in [-0.25, -0.2) is 0 Å². The summed E-state index contributed by atoms with van der Waals surface area (Å²) in [6.07, 6.45) is 9.20. The number of rotatable bonds is 4. The van der Waals surface area contributed by atoms with Crippen molar-refractivity contribution in [1.29, 1.82) is 0 Å². The zero-order valence-electron chi connectivity index (χ0n) is 30.1. The van der Waals surface area contributed by atoms with E-state index >= 15 is 0 Å². The summed E-state index contributed by atoms with van der Waals surface area (Å²) in [5.74, 6) is 5.15. The summed E-state index contributed by atoms with van der Waals surface area (Å²) in [5, 5.41) is 0. The third kappa shape index (κ3) is 4.39. The minimum atomic E-state index is -0.0497. The Morgan fingerprint density at radius 2 is 1.12 bits per heavy atom. The van der Waals surface area contributed by atoms with Crippen LogP contribution in [0.5, 0.6) is 11.5 Å². The molecule has 0 radical (unpaired) electrons. The van der Waals surface area contributed by atoms with E-state index in [1.807, 2.05) is 0 Å². The maximum Gasteiger partial charge on any atom is 0.133 e. The van der Waals surface area contributed by atoms with E-state index in [2.05, 4.69) is 148 Å². The maximum atomic E-state index is 6.97. The molecule has 2 nitrogen and oxygen atoms in total. The van der Waals surface area contributed by atoms with Gasteiger partial charge in [0, 0.05) is 27.9 Å². The summed E-state index contributed by atoms with van der Waals surface area (Å²) < 4.78 is 6.97. The average molecular weight is 656 g/mol. The number of nitrogens with zero attached hydrogens (tertiary/aromatic N) is 1. The van der Waals surface area contributed by atoms with Gasteiger partial charge in [-0.3, -0.25) is 0 Å². The van der Waals surface area contributed by atoms with Crippen molar-refractivity contribution in [2.75, 3.05) is 4.90 Å². The molecule has 5 aromatic rings. The lowest BCUT2D eigenvalue weighted by Crippen LogP contribution is -2.57. The van der Waals surface area contributed by atoms with Crippen molar-refractivity contribution in [2.45, 2.75) is 88.9 Å². The highest BCUT2D eigenvalue weighted by molar-refractivity contribution is 5.84. The molecule has 5 aromatic carbocycles. The lowest BCUT2D eigenvalue weighted by Gasteiger charge is -2.63. The molecule has 50 heavy (non-hydrogen) atoms. The summed E-state index contributed by atoms with van der Waals surface area (Å²) in [7, 11) is 0. The van der Waals surface area contributed by atoms with Gasteiger partial charge in [0.25, 0.3) is 0 Å². The molecule has 1 heterocycles. The van der Waals surface area contributed by atoms with Gasteiger partial charge in [0.05, 0.1) is 5.69 Å². The Morgan fingerprint density at radius 1 is 0.520 bits per heavy atom. The highest BCUT2D eigenvalue weighted by Gasteiger charge is 2.62. The Kier molecular flexibility index (Phi) is 6.62. The van der Waals surface area contributed by atoms with Crippen LogP contribution in [0.15, 0.2) is 115 Å². The van der Waals surface area contributed by atoms with Crippen LogP contribution in [0.1, 0.15) is 94.9 Å². The number of hydrogen-bond acceptors (Lipinski definition) is 2. The van der Waals surface area contributed by atoms with Gasteiger partial charge < -0.3 is 9.64 Å². The van der Waals surface area contributed by atoms with E-state index in [0.29, 0.717) is 11.8 Å². The quantitative estimate of drug-likeness (QED) is 0.191. The van der Waals surface area contributed by atoms with Crippen molar-refractivity contribution >= 4 is 17.1 Å². The third-order valence-corrected chi connectivity index (χ3v) is 14.0. The van der Waals surface area contributed by atoms with E-state index in [9.17, 15) is 0 Å². The van der Waals surface area contributed by atoms with Crippen LogP contribution >= 0.6 is 0 Å². The van der Waals surface area contributed by atoms with Gasteiger partial charge in [-0.2, -0.15) is 0 Å². The second-order valence-corrected chi connectivity index (χ2v) is 17.7. The number of benzene rings is 5. The largest absolute Gasteiger partial charge is 0.457 e. The van der Waals surface area contributed by atoms with Crippen molar-refractivity contribution in [1.82, 2.24) is 0 Å². The molecule has 0 unspecified atom stereocenters. The SMILES string of the molecule is CC1(C)CCC(C)(C)c2cc(N(c3ccc(-c4ccccc4)cc3)c3cccc4c3C3(c5ccccc5O4)C4CC5CC(C4)CC3C5)ccc21. The normalized spacial score (nSPS) is 27.6. The Hall–Kier alpha value is -4.30. The highest BCUT2D eigenvalue weighted by Crippen LogP contribution is 2.70. The molecule has 4 fully saturated rings. The molecule has 0 N–H and O–H groups in total. The van der Waals surface area contributed by atoms with E-state index in [4.69, 9.17) is 4.74 Å². The van der Waals surface area contributed by atoms with Crippen LogP contribution in [0.3, 0.4) is 0 Å². The molecule has 1 spiro atoms. The molecular formula is C48H49NO. The molecule has 2 heteroatoms. The Bertz CT molecular complexity index is 2080. The lowest BCUT2D eigenvalue weighted by atomic mass is 9.41. The van der Waals surface area contributed by atoms with E-state index in [1.54, 1.807) is 0 Å². The number of hydrogen-bond donors (Lipinski definition) is 0. The van der Waals surface area contributed by atoms with Gasteiger partial charge in [0.15, 0.2) is 0 Å². The van der Waals surface area contributed by atoms with Crippen LogP contribution in [0, 0.1) is 23.7 Å². The molecule has 252 valence electrons. The second kappa shape index (κ2) is 10.8. The molecule has 6 aliphatic rings. The number of ether oxygens (including phenoxy) is 1. The van der Waals surface area contributed by atoms with Crippen LogP contribution in [0.4, 0.5) is 17.1 Å². The maximum absolute atomic E-state index is 6.97. The standard InChI is InChI=1S/C48H49NO/c1-46(2)23-24-47(3,4)41-30-38(21-22-39(41)46)49(37-19-17-34(18-20-37)33-11-6-5-7-12-33)42-14-10-16-44-45(42)48(40-13-8-9-15-43(40)50-44)35-26-31-25-32(28-35)29-36(48)27-31/h5-22,30-32,35-36H,23-29H2,1-4H3. The van der Waals surface area contributed by atoms with Crippen LogP contribution in [0.25, 0.3) is 11.1 Å². The first-order valence-electron chi connectivity index (χ1n) is 19.2. The van der Waals surface area contributed by atoms with E-state index < -0.39 is 0 Å². The van der Waals surface area contributed by atoms with Crippen LogP contribution in [-0.2, 0) is 16.2 Å². The first kappa shape index (κ1) is 30.5. The highest BCUT2D eigenvalue weighted by atomic mass is 16.5. The number of fused-ring (bicyclic) bond motifs is 3. The first-order chi connectivity index (χ1) is 24.2. The van der Waals surface area contributed by atoms with Crippen molar-refractivity contribution in [2.24, 2.45) is 23.7 Å². The molecule has 5 aliphatic carbocycles. The van der Waals surface area contributed by atoms with Gasteiger partial charge in [-0.1, -0.05) is 100 Å². The van der Waals surface area contributed by atoms with E-state index in [-0.39, 0.29) is 16.2 Å². The molecule has 0 aromatic heterocycles. The van der Waals surface area contributed by atoms with Crippen molar-refractivity contribution in [3.8, 4) is 22.6 Å². The van der Waals surface area contributed by atoms with Crippen molar-refractivity contribution in [3.63, 3.8) is 0 Å².